The standard InChI is InChI=1S/C13H17FN2O4/c1-8(2)20-6-5-15-13(19)16-11-7-9(12(17)18)3-4-10(11)14/h3-4,7-8H,5-6H2,1-2H3,(H,17,18)(H2,15,16,19). The summed E-state index contributed by atoms with van der Waals surface area (Å²) in [6, 6.07) is 2.54. The Balaban J connectivity index is 2.53. The molecule has 110 valence electrons. The van der Waals surface area contributed by atoms with Crippen LogP contribution in [0.15, 0.2) is 18.2 Å². The van der Waals surface area contributed by atoms with Crippen molar-refractivity contribution in [3.05, 3.63) is 29.6 Å². The van der Waals surface area contributed by atoms with Crippen LogP contribution in [0.4, 0.5) is 14.9 Å². The fraction of sp³-hybridized carbons (Fsp3) is 0.385. The molecule has 0 aliphatic rings. The number of aromatic carboxylic acids is 1. The SMILES string of the molecule is CC(C)OCCNC(=O)Nc1cc(C(=O)O)ccc1F. The molecule has 20 heavy (non-hydrogen) atoms. The summed E-state index contributed by atoms with van der Waals surface area (Å²) in [5.74, 6) is -1.90. The van der Waals surface area contributed by atoms with Crippen molar-refractivity contribution in [1.82, 2.24) is 5.32 Å². The van der Waals surface area contributed by atoms with Gasteiger partial charge in [0.05, 0.1) is 24.0 Å². The third-order valence-electron chi connectivity index (χ3n) is 2.30. The van der Waals surface area contributed by atoms with E-state index in [-0.39, 0.29) is 23.9 Å². The van der Waals surface area contributed by atoms with Crippen LogP contribution in [0.2, 0.25) is 0 Å². The third kappa shape index (κ3) is 5.23. The minimum absolute atomic E-state index is 0.0598. The first kappa shape index (κ1) is 15.9. The predicted octanol–water partition coefficient (Wildman–Crippen LogP) is 2.07. The van der Waals surface area contributed by atoms with Gasteiger partial charge in [-0.2, -0.15) is 0 Å². The van der Waals surface area contributed by atoms with E-state index in [1.807, 2.05) is 13.8 Å². The van der Waals surface area contributed by atoms with Crippen molar-refractivity contribution >= 4 is 17.7 Å². The van der Waals surface area contributed by atoms with Crippen LogP contribution >= 0.6 is 0 Å². The molecule has 3 N–H and O–H groups in total. The molecule has 0 aliphatic heterocycles. The van der Waals surface area contributed by atoms with Crippen LogP contribution in [0.3, 0.4) is 0 Å². The topological polar surface area (TPSA) is 87.7 Å². The first-order valence-corrected chi connectivity index (χ1v) is 6.09. The molecule has 0 heterocycles. The fourth-order valence-corrected chi connectivity index (χ4v) is 1.38. The molecule has 0 fully saturated rings. The lowest BCUT2D eigenvalue weighted by Gasteiger charge is -2.10. The third-order valence-corrected chi connectivity index (χ3v) is 2.30. The highest BCUT2D eigenvalue weighted by Crippen LogP contribution is 2.16. The maximum Gasteiger partial charge on any atom is 0.335 e. The first-order valence-electron chi connectivity index (χ1n) is 6.09. The van der Waals surface area contributed by atoms with Gasteiger partial charge in [0.15, 0.2) is 0 Å². The lowest BCUT2D eigenvalue weighted by atomic mass is 10.2. The average molecular weight is 284 g/mol. The largest absolute Gasteiger partial charge is 0.478 e. The van der Waals surface area contributed by atoms with Crippen LogP contribution in [-0.2, 0) is 4.74 Å². The molecule has 6 nitrogen and oxygen atoms in total. The molecule has 1 rings (SSSR count). The Morgan fingerprint density at radius 3 is 2.70 bits per heavy atom. The Bertz CT molecular complexity index is 491. The molecular weight excluding hydrogens is 267 g/mol. The molecule has 2 amide bonds. The van der Waals surface area contributed by atoms with E-state index in [4.69, 9.17) is 9.84 Å². The molecule has 0 spiro atoms. The number of ether oxygens (including phenoxy) is 1. The Morgan fingerprint density at radius 2 is 2.10 bits per heavy atom. The van der Waals surface area contributed by atoms with E-state index < -0.39 is 17.8 Å². The van der Waals surface area contributed by atoms with E-state index in [9.17, 15) is 14.0 Å². The maximum absolute atomic E-state index is 13.4. The van der Waals surface area contributed by atoms with Crippen molar-refractivity contribution in [2.75, 3.05) is 18.5 Å². The normalized spacial score (nSPS) is 10.4. The molecule has 0 saturated heterocycles. The highest BCUT2D eigenvalue weighted by molar-refractivity contribution is 5.93. The number of carbonyl (C=O) groups excluding carboxylic acids is 1. The molecule has 0 bridgehead atoms. The molecule has 7 heteroatoms. The second-order valence-electron chi connectivity index (χ2n) is 4.30. The van der Waals surface area contributed by atoms with Crippen LogP contribution in [0.1, 0.15) is 24.2 Å². The van der Waals surface area contributed by atoms with Crippen molar-refractivity contribution in [3.8, 4) is 0 Å². The van der Waals surface area contributed by atoms with Crippen molar-refractivity contribution in [3.63, 3.8) is 0 Å². The zero-order chi connectivity index (χ0) is 15.1. The van der Waals surface area contributed by atoms with E-state index in [0.717, 1.165) is 18.2 Å². The molecule has 0 saturated carbocycles. The lowest BCUT2D eigenvalue weighted by molar-refractivity contribution is 0.0696. The summed E-state index contributed by atoms with van der Waals surface area (Å²) < 4.78 is 18.6. The summed E-state index contributed by atoms with van der Waals surface area (Å²) in [7, 11) is 0. The summed E-state index contributed by atoms with van der Waals surface area (Å²) in [6.07, 6.45) is 0.0598. The predicted molar refractivity (Wildman–Crippen MR) is 71.5 cm³/mol. The number of rotatable bonds is 6. The number of urea groups is 1. The Kier molecular flexibility index (Phi) is 5.92. The number of carboxylic acids is 1. The Hall–Kier alpha value is -2.15. The zero-order valence-corrected chi connectivity index (χ0v) is 11.3. The van der Waals surface area contributed by atoms with Crippen molar-refractivity contribution in [2.24, 2.45) is 0 Å². The van der Waals surface area contributed by atoms with E-state index in [1.54, 1.807) is 0 Å². The van der Waals surface area contributed by atoms with Gasteiger partial charge in [0, 0.05) is 6.54 Å². The number of hydrogen-bond donors (Lipinski definition) is 3. The summed E-state index contributed by atoms with van der Waals surface area (Å²) in [6.45, 7) is 4.34. The highest BCUT2D eigenvalue weighted by atomic mass is 19.1. The molecule has 0 aliphatic carbocycles. The van der Waals surface area contributed by atoms with Crippen LogP contribution in [0.25, 0.3) is 0 Å². The molecule has 0 radical (unpaired) electrons. The zero-order valence-electron chi connectivity index (χ0n) is 11.3. The highest BCUT2D eigenvalue weighted by Gasteiger charge is 2.10. The van der Waals surface area contributed by atoms with Crippen LogP contribution < -0.4 is 10.6 Å². The second kappa shape index (κ2) is 7.44. The summed E-state index contributed by atoms with van der Waals surface area (Å²) in [5.41, 5.74) is -0.294. The molecule has 0 atom stereocenters. The van der Waals surface area contributed by atoms with Crippen LogP contribution in [0, 0.1) is 5.82 Å². The van der Waals surface area contributed by atoms with Gasteiger partial charge >= 0.3 is 12.0 Å². The van der Waals surface area contributed by atoms with Gasteiger partial charge in [0.2, 0.25) is 0 Å². The smallest absolute Gasteiger partial charge is 0.335 e. The quantitative estimate of drug-likeness (QED) is 0.698. The average Bonchev–Trinajstić information content (AvgIpc) is 2.37. The van der Waals surface area contributed by atoms with Gasteiger partial charge in [0.25, 0.3) is 0 Å². The van der Waals surface area contributed by atoms with Crippen LogP contribution in [0.5, 0.6) is 0 Å². The minimum atomic E-state index is -1.20. The van der Waals surface area contributed by atoms with Gasteiger partial charge in [-0.25, -0.2) is 14.0 Å². The summed E-state index contributed by atoms with van der Waals surface area (Å²) in [5, 5.41) is 13.5. The maximum atomic E-state index is 13.4. The number of halogens is 1. The molecule has 1 aromatic carbocycles. The minimum Gasteiger partial charge on any atom is -0.478 e. The van der Waals surface area contributed by atoms with E-state index in [0.29, 0.717) is 6.61 Å². The number of anilines is 1. The van der Waals surface area contributed by atoms with Gasteiger partial charge in [-0.1, -0.05) is 0 Å². The van der Waals surface area contributed by atoms with Gasteiger partial charge in [-0.3, -0.25) is 0 Å². The number of carboxylic acid groups (broad SMARTS) is 1. The number of nitrogens with one attached hydrogen (secondary N) is 2. The second-order valence-corrected chi connectivity index (χ2v) is 4.30. The monoisotopic (exact) mass is 284 g/mol. The first-order chi connectivity index (χ1) is 9.40. The summed E-state index contributed by atoms with van der Waals surface area (Å²) >= 11 is 0. The number of hydrogen-bond acceptors (Lipinski definition) is 3. The number of amides is 2. The van der Waals surface area contributed by atoms with Crippen molar-refractivity contribution in [1.29, 1.82) is 0 Å². The Labute approximate surface area is 115 Å². The van der Waals surface area contributed by atoms with Crippen molar-refractivity contribution < 1.29 is 23.8 Å². The lowest BCUT2D eigenvalue weighted by Crippen LogP contribution is -2.32. The van der Waals surface area contributed by atoms with E-state index in [2.05, 4.69) is 10.6 Å². The molecule has 0 unspecified atom stereocenters. The fourth-order valence-electron chi connectivity index (χ4n) is 1.38. The Morgan fingerprint density at radius 1 is 1.40 bits per heavy atom. The number of carbonyl (C=O) groups is 2. The molecule has 0 aromatic heterocycles. The van der Waals surface area contributed by atoms with Crippen molar-refractivity contribution in [2.45, 2.75) is 20.0 Å². The van der Waals surface area contributed by atoms with Gasteiger partial charge in [-0.05, 0) is 32.0 Å². The van der Waals surface area contributed by atoms with E-state index in [1.165, 1.54) is 0 Å². The summed E-state index contributed by atoms with van der Waals surface area (Å²) in [4.78, 5) is 22.3. The van der Waals surface area contributed by atoms with Gasteiger partial charge in [0.1, 0.15) is 5.82 Å². The van der Waals surface area contributed by atoms with E-state index >= 15 is 0 Å². The number of benzene rings is 1. The molecular formula is C13H17FN2O4. The van der Waals surface area contributed by atoms with Gasteiger partial charge < -0.3 is 20.5 Å². The van der Waals surface area contributed by atoms with Crippen LogP contribution in [-0.4, -0.2) is 36.4 Å². The molecule has 1 aromatic rings. The van der Waals surface area contributed by atoms with Gasteiger partial charge in [-0.15, -0.1) is 0 Å².